The summed E-state index contributed by atoms with van der Waals surface area (Å²) in [5.74, 6) is 0. The van der Waals surface area contributed by atoms with Crippen LogP contribution in [0, 0.1) is 6.92 Å². The van der Waals surface area contributed by atoms with E-state index in [0.717, 1.165) is 37.4 Å². The highest BCUT2D eigenvalue weighted by Crippen LogP contribution is 2.31. The molecule has 2 heterocycles. The number of aryl methyl sites for hydroxylation is 1. The average Bonchev–Trinajstić information content (AvgIpc) is 2.93. The zero-order valence-electron chi connectivity index (χ0n) is 14.8. The Bertz CT molecular complexity index is 851. The van der Waals surface area contributed by atoms with E-state index in [2.05, 4.69) is 77.8 Å². The molecule has 1 atom stereocenters. The average molecular weight is 331 g/mol. The molecule has 128 valence electrons. The monoisotopic (exact) mass is 331 g/mol. The second-order valence-corrected chi connectivity index (χ2v) is 6.83. The lowest BCUT2D eigenvalue weighted by Crippen LogP contribution is -2.33. The van der Waals surface area contributed by atoms with Crippen LogP contribution in [0.4, 0.5) is 0 Å². The van der Waals surface area contributed by atoms with E-state index in [1.54, 1.807) is 0 Å². The van der Waals surface area contributed by atoms with Gasteiger partial charge in [-0.2, -0.15) is 0 Å². The zero-order chi connectivity index (χ0) is 17.1. The molecular weight excluding hydrogens is 306 g/mol. The first-order chi connectivity index (χ1) is 12.3. The summed E-state index contributed by atoms with van der Waals surface area (Å²) in [6.45, 7) is 6.49. The Kier molecular flexibility index (Phi) is 4.77. The summed E-state index contributed by atoms with van der Waals surface area (Å²) in [5.41, 5.74) is 4.92. The molecule has 0 saturated carbocycles. The van der Waals surface area contributed by atoms with Gasteiger partial charge in [0.1, 0.15) is 0 Å². The topological polar surface area (TPSA) is 28.2 Å². The van der Waals surface area contributed by atoms with Crippen LogP contribution < -0.4 is 5.32 Å². The Morgan fingerprint density at radius 2 is 1.76 bits per heavy atom. The molecule has 4 rings (SSSR count). The number of fused-ring (bicyclic) bond motifs is 1. The second kappa shape index (κ2) is 7.34. The molecule has 0 amide bonds. The Labute approximate surface area is 149 Å². The van der Waals surface area contributed by atoms with Crippen LogP contribution in [0.15, 0.2) is 60.7 Å². The molecule has 1 unspecified atom stereocenters. The van der Waals surface area contributed by atoms with Crippen LogP contribution in [0.1, 0.15) is 29.3 Å². The van der Waals surface area contributed by atoms with Gasteiger partial charge in [-0.15, -0.1) is 0 Å². The molecule has 0 radical (unpaired) electrons. The lowest BCUT2D eigenvalue weighted by atomic mass is 9.96. The fourth-order valence-corrected chi connectivity index (χ4v) is 3.80. The number of hydrogen-bond donors (Lipinski definition) is 1. The third-order valence-corrected chi connectivity index (χ3v) is 5.12. The Morgan fingerprint density at radius 3 is 2.68 bits per heavy atom. The van der Waals surface area contributed by atoms with E-state index >= 15 is 0 Å². The van der Waals surface area contributed by atoms with Gasteiger partial charge in [0.05, 0.1) is 17.3 Å². The Hall–Kier alpha value is -2.23. The molecular formula is C22H25N3. The number of para-hydroxylation sites is 1. The van der Waals surface area contributed by atoms with E-state index in [1.807, 2.05) is 0 Å². The van der Waals surface area contributed by atoms with Crippen LogP contribution in [-0.4, -0.2) is 36.1 Å². The number of hydrogen-bond acceptors (Lipinski definition) is 3. The molecule has 3 heteroatoms. The van der Waals surface area contributed by atoms with E-state index in [9.17, 15) is 0 Å². The molecule has 25 heavy (non-hydrogen) atoms. The summed E-state index contributed by atoms with van der Waals surface area (Å²) in [4.78, 5) is 7.62. The SMILES string of the molecule is Cc1ccccc1C(c1ccc2ccccc2n1)N1CCCNCC1. The van der Waals surface area contributed by atoms with Crippen molar-refractivity contribution in [2.24, 2.45) is 0 Å². The maximum Gasteiger partial charge on any atom is 0.0779 e. The minimum atomic E-state index is 0.214. The van der Waals surface area contributed by atoms with Crippen LogP contribution in [0.3, 0.4) is 0 Å². The molecule has 1 saturated heterocycles. The minimum absolute atomic E-state index is 0.214. The summed E-state index contributed by atoms with van der Waals surface area (Å²) >= 11 is 0. The summed E-state index contributed by atoms with van der Waals surface area (Å²) in [6, 6.07) is 21.7. The van der Waals surface area contributed by atoms with Crippen LogP contribution >= 0.6 is 0 Å². The summed E-state index contributed by atoms with van der Waals surface area (Å²) in [6.07, 6.45) is 1.18. The molecule has 3 aromatic rings. The van der Waals surface area contributed by atoms with Crippen molar-refractivity contribution in [2.45, 2.75) is 19.4 Å². The van der Waals surface area contributed by atoms with Gasteiger partial charge in [0, 0.05) is 25.0 Å². The largest absolute Gasteiger partial charge is 0.315 e. The standard InChI is InChI=1S/C22H25N3/c1-17-7-2-4-9-19(17)22(25-15-6-13-23-14-16-25)21-12-11-18-8-3-5-10-20(18)24-21/h2-5,7-12,22-23H,6,13-16H2,1H3. The molecule has 0 bridgehead atoms. The fraction of sp³-hybridized carbons (Fsp3) is 0.318. The van der Waals surface area contributed by atoms with E-state index in [1.165, 1.54) is 22.9 Å². The van der Waals surface area contributed by atoms with Crippen LogP contribution in [-0.2, 0) is 0 Å². The Morgan fingerprint density at radius 1 is 0.920 bits per heavy atom. The molecule has 1 N–H and O–H groups in total. The van der Waals surface area contributed by atoms with Crippen LogP contribution in [0.2, 0.25) is 0 Å². The quantitative estimate of drug-likeness (QED) is 0.788. The molecule has 0 spiro atoms. The minimum Gasteiger partial charge on any atom is -0.315 e. The van der Waals surface area contributed by atoms with Gasteiger partial charge >= 0.3 is 0 Å². The molecule has 1 aliphatic rings. The lowest BCUT2D eigenvalue weighted by Gasteiger charge is -2.31. The highest BCUT2D eigenvalue weighted by atomic mass is 15.2. The van der Waals surface area contributed by atoms with Crippen LogP contribution in [0.5, 0.6) is 0 Å². The van der Waals surface area contributed by atoms with Crippen molar-refractivity contribution in [1.29, 1.82) is 0 Å². The number of rotatable bonds is 3. The lowest BCUT2D eigenvalue weighted by molar-refractivity contribution is 0.237. The molecule has 0 aliphatic carbocycles. The summed E-state index contributed by atoms with van der Waals surface area (Å²) in [5, 5.41) is 4.72. The van der Waals surface area contributed by atoms with Gasteiger partial charge in [0.15, 0.2) is 0 Å². The van der Waals surface area contributed by atoms with Crippen molar-refractivity contribution >= 4 is 10.9 Å². The maximum atomic E-state index is 5.04. The fourth-order valence-electron chi connectivity index (χ4n) is 3.80. The number of nitrogens with one attached hydrogen (secondary N) is 1. The first kappa shape index (κ1) is 16.2. The van der Waals surface area contributed by atoms with Gasteiger partial charge < -0.3 is 5.32 Å². The van der Waals surface area contributed by atoms with Crippen molar-refractivity contribution in [3.8, 4) is 0 Å². The highest BCUT2D eigenvalue weighted by Gasteiger charge is 2.25. The predicted octanol–water partition coefficient (Wildman–Crippen LogP) is 3.93. The van der Waals surface area contributed by atoms with Crippen molar-refractivity contribution < 1.29 is 0 Å². The van der Waals surface area contributed by atoms with Gasteiger partial charge in [-0.05, 0) is 43.1 Å². The molecule has 3 nitrogen and oxygen atoms in total. The van der Waals surface area contributed by atoms with Crippen LogP contribution in [0.25, 0.3) is 10.9 Å². The van der Waals surface area contributed by atoms with Crippen molar-refractivity contribution in [3.63, 3.8) is 0 Å². The molecule has 1 aliphatic heterocycles. The molecule has 2 aromatic carbocycles. The number of pyridine rings is 1. The second-order valence-electron chi connectivity index (χ2n) is 6.83. The van der Waals surface area contributed by atoms with E-state index in [-0.39, 0.29) is 6.04 Å². The third kappa shape index (κ3) is 3.44. The number of benzene rings is 2. The first-order valence-corrected chi connectivity index (χ1v) is 9.19. The number of nitrogens with zero attached hydrogens (tertiary/aromatic N) is 2. The molecule has 1 aromatic heterocycles. The summed E-state index contributed by atoms with van der Waals surface area (Å²) < 4.78 is 0. The van der Waals surface area contributed by atoms with E-state index < -0.39 is 0 Å². The maximum absolute atomic E-state index is 5.04. The van der Waals surface area contributed by atoms with Gasteiger partial charge in [0.25, 0.3) is 0 Å². The first-order valence-electron chi connectivity index (χ1n) is 9.19. The summed E-state index contributed by atoms with van der Waals surface area (Å²) in [7, 11) is 0. The smallest absolute Gasteiger partial charge is 0.0779 e. The zero-order valence-corrected chi connectivity index (χ0v) is 14.8. The third-order valence-electron chi connectivity index (χ3n) is 5.12. The molecule has 1 fully saturated rings. The van der Waals surface area contributed by atoms with Gasteiger partial charge in [-0.25, -0.2) is 0 Å². The highest BCUT2D eigenvalue weighted by molar-refractivity contribution is 5.78. The normalized spacial score (nSPS) is 17.3. The van der Waals surface area contributed by atoms with Gasteiger partial charge in [-0.1, -0.05) is 48.5 Å². The Balaban J connectivity index is 1.81. The number of aromatic nitrogens is 1. The van der Waals surface area contributed by atoms with Crippen molar-refractivity contribution in [1.82, 2.24) is 15.2 Å². The van der Waals surface area contributed by atoms with E-state index in [4.69, 9.17) is 4.98 Å². The van der Waals surface area contributed by atoms with Crippen molar-refractivity contribution in [3.05, 3.63) is 77.5 Å². The van der Waals surface area contributed by atoms with Gasteiger partial charge in [-0.3, -0.25) is 9.88 Å². The van der Waals surface area contributed by atoms with Crippen molar-refractivity contribution in [2.75, 3.05) is 26.2 Å². The predicted molar refractivity (Wildman–Crippen MR) is 104 cm³/mol. The van der Waals surface area contributed by atoms with E-state index in [0.29, 0.717) is 0 Å². The van der Waals surface area contributed by atoms with Gasteiger partial charge in [0.2, 0.25) is 0 Å².